The molecule has 0 atom stereocenters. The molecule has 0 aliphatic carbocycles. The van der Waals surface area contributed by atoms with Gasteiger partial charge in [0.25, 0.3) is 0 Å². The van der Waals surface area contributed by atoms with Crippen molar-refractivity contribution in [1.82, 2.24) is 9.55 Å². The van der Waals surface area contributed by atoms with E-state index in [4.69, 9.17) is 11.6 Å². The van der Waals surface area contributed by atoms with Crippen LogP contribution in [-0.4, -0.2) is 9.55 Å². The first kappa shape index (κ1) is 13.0. The van der Waals surface area contributed by atoms with Crippen LogP contribution in [0.15, 0.2) is 36.4 Å². The summed E-state index contributed by atoms with van der Waals surface area (Å²) in [6, 6.07) is 7.77. The highest BCUT2D eigenvalue weighted by Crippen LogP contribution is 2.26. The van der Waals surface area contributed by atoms with Gasteiger partial charge in [-0.15, -0.1) is 11.6 Å². The summed E-state index contributed by atoms with van der Waals surface area (Å²) in [5.41, 5.74) is 0.755. The normalized spacial score (nSPS) is 11.2. The molecule has 0 amide bonds. The van der Waals surface area contributed by atoms with Crippen LogP contribution in [0.5, 0.6) is 0 Å². The summed E-state index contributed by atoms with van der Waals surface area (Å²) < 4.78 is 41.8. The summed E-state index contributed by atoms with van der Waals surface area (Å²) in [5, 5.41) is 0. The van der Waals surface area contributed by atoms with Crippen molar-refractivity contribution < 1.29 is 13.2 Å². The molecule has 0 spiro atoms. The van der Waals surface area contributed by atoms with Crippen LogP contribution in [0.2, 0.25) is 0 Å². The van der Waals surface area contributed by atoms with Gasteiger partial charge < -0.3 is 0 Å². The van der Waals surface area contributed by atoms with E-state index in [2.05, 4.69) is 4.98 Å². The SMILES string of the molecule is Fc1ccc(-n2c(CCl)nc3ccc(F)c(F)c32)cc1. The van der Waals surface area contributed by atoms with Gasteiger partial charge in [-0.1, -0.05) is 0 Å². The van der Waals surface area contributed by atoms with Crippen LogP contribution >= 0.6 is 11.6 Å². The molecule has 0 unspecified atom stereocenters. The number of imidazole rings is 1. The Morgan fingerprint density at radius 2 is 1.70 bits per heavy atom. The first-order valence-electron chi connectivity index (χ1n) is 5.79. The molecule has 102 valence electrons. The van der Waals surface area contributed by atoms with Crippen molar-refractivity contribution in [3.63, 3.8) is 0 Å². The highest BCUT2D eigenvalue weighted by Gasteiger charge is 2.18. The van der Waals surface area contributed by atoms with E-state index >= 15 is 0 Å². The summed E-state index contributed by atoms with van der Waals surface area (Å²) in [4.78, 5) is 4.16. The van der Waals surface area contributed by atoms with E-state index in [1.807, 2.05) is 0 Å². The molecule has 0 saturated carbocycles. The Labute approximate surface area is 117 Å². The lowest BCUT2D eigenvalue weighted by Crippen LogP contribution is -2.01. The number of hydrogen-bond donors (Lipinski definition) is 0. The van der Waals surface area contributed by atoms with Gasteiger partial charge in [0.2, 0.25) is 0 Å². The quantitative estimate of drug-likeness (QED) is 0.649. The topological polar surface area (TPSA) is 17.8 Å². The van der Waals surface area contributed by atoms with Crippen LogP contribution in [-0.2, 0) is 5.88 Å². The predicted molar refractivity (Wildman–Crippen MR) is 70.5 cm³/mol. The predicted octanol–water partition coefficient (Wildman–Crippen LogP) is 4.18. The standard InChI is InChI=1S/C14H8ClF3N2/c15-7-12-19-11-6-5-10(17)13(18)14(11)20(12)9-3-1-8(16)2-4-9/h1-6H,7H2. The van der Waals surface area contributed by atoms with E-state index in [1.54, 1.807) is 0 Å². The van der Waals surface area contributed by atoms with E-state index in [0.717, 1.165) is 6.07 Å². The number of fused-ring (bicyclic) bond motifs is 1. The minimum atomic E-state index is -1.00. The number of rotatable bonds is 2. The zero-order chi connectivity index (χ0) is 14.3. The lowest BCUT2D eigenvalue weighted by Gasteiger charge is -2.08. The molecule has 0 N–H and O–H groups in total. The molecule has 1 heterocycles. The molecule has 20 heavy (non-hydrogen) atoms. The Morgan fingerprint density at radius 1 is 1.00 bits per heavy atom. The fourth-order valence-corrected chi connectivity index (χ4v) is 2.29. The Balaban J connectivity index is 2.37. The average Bonchev–Trinajstić information content (AvgIpc) is 2.83. The summed E-state index contributed by atoms with van der Waals surface area (Å²) in [7, 11) is 0. The lowest BCUT2D eigenvalue weighted by atomic mass is 10.2. The van der Waals surface area contributed by atoms with Gasteiger partial charge in [-0.05, 0) is 36.4 Å². The highest BCUT2D eigenvalue weighted by molar-refractivity contribution is 6.17. The molecule has 3 rings (SSSR count). The number of nitrogens with zero attached hydrogens (tertiary/aromatic N) is 2. The zero-order valence-electron chi connectivity index (χ0n) is 10.1. The maximum atomic E-state index is 14.0. The van der Waals surface area contributed by atoms with Crippen molar-refractivity contribution in [1.29, 1.82) is 0 Å². The van der Waals surface area contributed by atoms with Gasteiger partial charge >= 0.3 is 0 Å². The van der Waals surface area contributed by atoms with Crippen molar-refractivity contribution in [2.75, 3.05) is 0 Å². The fourth-order valence-electron chi connectivity index (χ4n) is 2.11. The monoisotopic (exact) mass is 296 g/mol. The fraction of sp³-hybridized carbons (Fsp3) is 0.0714. The van der Waals surface area contributed by atoms with Gasteiger partial charge in [-0.2, -0.15) is 0 Å². The third-order valence-corrected chi connectivity index (χ3v) is 3.22. The molecular formula is C14H8ClF3N2. The summed E-state index contributed by atoms with van der Waals surface area (Å²) >= 11 is 5.80. The molecule has 0 saturated heterocycles. The van der Waals surface area contributed by atoms with Crippen molar-refractivity contribution >= 4 is 22.6 Å². The summed E-state index contributed by atoms with van der Waals surface area (Å²) in [6.45, 7) is 0. The van der Waals surface area contributed by atoms with Crippen molar-refractivity contribution in [3.8, 4) is 5.69 Å². The number of benzene rings is 2. The summed E-state index contributed by atoms with van der Waals surface area (Å²) in [5.74, 6) is -2.01. The first-order chi connectivity index (χ1) is 9.61. The van der Waals surface area contributed by atoms with E-state index in [-0.39, 0.29) is 11.4 Å². The molecular weight excluding hydrogens is 289 g/mol. The molecule has 0 aliphatic heterocycles. The van der Waals surface area contributed by atoms with Gasteiger partial charge in [0, 0.05) is 5.69 Å². The number of halogens is 4. The van der Waals surface area contributed by atoms with Crippen LogP contribution in [0.25, 0.3) is 16.7 Å². The van der Waals surface area contributed by atoms with Gasteiger partial charge in [0.05, 0.1) is 11.4 Å². The van der Waals surface area contributed by atoms with Gasteiger partial charge in [0.1, 0.15) is 17.2 Å². The molecule has 6 heteroatoms. The molecule has 1 aromatic heterocycles. The van der Waals surface area contributed by atoms with Gasteiger partial charge in [-0.25, -0.2) is 18.2 Å². The number of hydrogen-bond acceptors (Lipinski definition) is 1. The highest BCUT2D eigenvalue weighted by atomic mass is 35.5. The third kappa shape index (κ3) is 1.94. The molecule has 0 fully saturated rings. The maximum Gasteiger partial charge on any atom is 0.185 e. The second kappa shape index (κ2) is 4.83. The van der Waals surface area contributed by atoms with Crippen LogP contribution in [0, 0.1) is 17.5 Å². The van der Waals surface area contributed by atoms with E-state index in [0.29, 0.717) is 17.0 Å². The first-order valence-corrected chi connectivity index (χ1v) is 6.32. The van der Waals surface area contributed by atoms with Crippen LogP contribution in [0.3, 0.4) is 0 Å². The molecule has 0 aliphatic rings. The van der Waals surface area contributed by atoms with E-state index in [9.17, 15) is 13.2 Å². The largest absolute Gasteiger partial charge is 0.293 e. The second-order valence-electron chi connectivity index (χ2n) is 4.20. The maximum absolute atomic E-state index is 14.0. The van der Waals surface area contributed by atoms with Crippen molar-refractivity contribution in [2.45, 2.75) is 5.88 Å². The minimum absolute atomic E-state index is 0.00717. The van der Waals surface area contributed by atoms with Gasteiger partial charge in [-0.3, -0.25) is 4.57 Å². The zero-order valence-corrected chi connectivity index (χ0v) is 10.8. The second-order valence-corrected chi connectivity index (χ2v) is 4.47. The number of alkyl halides is 1. The Morgan fingerprint density at radius 3 is 2.35 bits per heavy atom. The summed E-state index contributed by atoms with van der Waals surface area (Å²) in [6.07, 6.45) is 0. The smallest absolute Gasteiger partial charge is 0.185 e. The van der Waals surface area contributed by atoms with Crippen molar-refractivity contribution in [2.24, 2.45) is 0 Å². The van der Waals surface area contributed by atoms with Crippen LogP contribution in [0.1, 0.15) is 5.82 Å². The van der Waals surface area contributed by atoms with Gasteiger partial charge in [0.15, 0.2) is 11.6 Å². The average molecular weight is 297 g/mol. The molecule has 2 aromatic carbocycles. The third-order valence-electron chi connectivity index (χ3n) is 2.98. The Bertz CT molecular complexity index is 781. The Hall–Kier alpha value is -2.01. The molecule has 0 bridgehead atoms. The lowest BCUT2D eigenvalue weighted by molar-refractivity contribution is 0.514. The van der Waals surface area contributed by atoms with Crippen molar-refractivity contribution in [3.05, 3.63) is 59.7 Å². The van der Waals surface area contributed by atoms with Crippen LogP contribution in [0.4, 0.5) is 13.2 Å². The van der Waals surface area contributed by atoms with E-state index < -0.39 is 17.5 Å². The van der Waals surface area contributed by atoms with Crippen LogP contribution < -0.4 is 0 Å². The Kier molecular flexibility index (Phi) is 3.14. The molecule has 2 nitrogen and oxygen atoms in total. The van der Waals surface area contributed by atoms with E-state index in [1.165, 1.54) is 34.9 Å². The molecule has 3 aromatic rings. The molecule has 0 radical (unpaired) electrons. The minimum Gasteiger partial charge on any atom is -0.293 e. The number of aromatic nitrogens is 2.